The molecule has 0 radical (unpaired) electrons. The molecule has 1 aliphatic carbocycles. The first-order valence-electron chi connectivity index (χ1n) is 12.5. The monoisotopic (exact) mass is 571 g/mol. The van der Waals surface area contributed by atoms with Crippen LogP contribution in [-0.4, -0.2) is 33.5 Å². The zero-order chi connectivity index (χ0) is 28.4. The molecule has 1 unspecified atom stereocenters. The van der Waals surface area contributed by atoms with Crippen molar-refractivity contribution in [2.45, 2.75) is 36.4 Å². The van der Waals surface area contributed by atoms with Crippen LogP contribution in [0.2, 0.25) is 0 Å². The number of primary amides is 1. The second kappa shape index (κ2) is 11.3. The number of allylic oxidation sites excluding steroid dienone is 3. The molecule has 5 rings (SSSR count). The van der Waals surface area contributed by atoms with Gasteiger partial charge in [-0.05, 0) is 37.5 Å². The Kier molecular flexibility index (Phi) is 7.68. The fourth-order valence-electron chi connectivity index (χ4n) is 4.87. The standard InChI is InChI=1S/C28H25N7O3S2/c1-15-9-11-16(12-10-15)23-18(13-29)25(30)35(20-7-4-8-21(36)24(20)23)27-33-34-28(40-27)39-14-22(37)32-19-6-3-2-5-17(19)26(31)38/h2-3,5-6,9-12,23H,4,7-8,14,30H2,1H3,(H2,31,38)(H,32,37). The molecule has 1 aliphatic heterocycles. The highest BCUT2D eigenvalue weighted by Gasteiger charge is 2.41. The number of benzene rings is 2. The van der Waals surface area contributed by atoms with E-state index in [1.54, 1.807) is 23.1 Å². The van der Waals surface area contributed by atoms with E-state index in [0.29, 0.717) is 40.0 Å². The predicted octanol–water partition coefficient (Wildman–Crippen LogP) is 3.98. The first kappa shape index (κ1) is 27.1. The molecule has 0 saturated heterocycles. The minimum atomic E-state index is -0.638. The fraction of sp³-hybridized carbons (Fsp3) is 0.214. The number of aromatic nitrogens is 2. The summed E-state index contributed by atoms with van der Waals surface area (Å²) in [5.41, 5.74) is 16.0. The van der Waals surface area contributed by atoms with Crippen LogP contribution >= 0.6 is 23.1 Å². The maximum atomic E-state index is 13.3. The number of ketones is 1. The number of nitrogens with one attached hydrogen (secondary N) is 1. The Balaban J connectivity index is 1.40. The predicted molar refractivity (Wildman–Crippen MR) is 153 cm³/mol. The number of hydrogen-bond acceptors (Lipinski definition) is 10. The molecule has 3 aromatic rings. The number of carbonyl (C=O) groups excluding carboxylic acids is 3. The Morgan fingerprint density at radius 3 is 2.65 bits per heavy atom. The molecular weight excluding hydrogens is 546 g/mol. The van der Waals surface area contributed by atoms with E-state index in [2.05, 4.69) is 21.6 Å². The van der Waals surface area contributed by atoms with Gasteiger partial charge in [0.2, 0.25) is 11.0 Å². The van der Waals surface area contributed by atoms with Gasteiger partial charge >= 0.3 is 0 Å². The van der Waals surface area contributed by atoms with Gasteiger partial charge in [0.05, 0.1) is 34.6 Å². The molecule has 2 aromatic carbocycles. The number of aryl methyl sites for hydroxylation is 1. The van der Waals surface area contributed by atoms with Crippen molar-refractivity contribution in [1.82, 2.24) is 10.2 Å². The Bertz CT molecular complexity index is 1620. The number of hydrogen-bond donors (Lipinski definition) is 3. The third kappa shape index (κ3) is 5.21. The van der Waals surface area contributed by atoms with Crippen molar-refractivity contribution < 1.29 is 14.4 Å². The van der Waals surface area contributed by atoms with Crippen LogP contribution in [0.25, 0.3) is 0 Å². The number of nitrogens with zero attached hydrogens (tertiary/aromatic N) is 4. The summed E-state index contributed by atoms with van der Waals surface area (Å²) in [6.45, 7) is 1.98. The smallest absolute Gasteiger partial charge is 0.250 e. The number of rotatable bonds is 7. The van der Waals surface area contributed by atoms with Gasteiger partial charge in [0.15, 0.2) is 10.1 Å². The van der Waals surface area contributed by atoms with Crippen LogP contribution < -0.4 is 21.7 Å². The zero-order valence-corrected chi connectivity index (χ0v) is 23.1. The summed E-state index contributed by atoms with van der Waals surface area (Å²) in [7, 11) is 0. The number of nitrogens with two attached hydrogens (primary N) is 2. The summed E-state index contributed by atoms with van der Waals surface area (Å²) >= 11 is 2.38. The molecule has 12 heteroatoms. The number of Topliss-reactive ketones (excluding diaryl/α,β-unsaturated/α-hetero) is 1. The van der Waals surface area contributed by atoms with Gasteiger partial charge in [-0.25, -0.2) is 0 Å². The van der Waals surface area contributed by atoms with Crippen molar-refractivity contribution in [2.75, 3.05) is 16.0 Å². The average Bonchev–Trinajstić information content (AvgIpc) is 3.40. The molecular formula is C28H25N7O3S2. The van der Waals surface area contributed by atoms with Gasteiger partial charge in [0.25, 0.3) is 5.91 Å². The minimum Gasteiger partial charge on any atom is -0.384 e. The van der Waals surface area contributed by atoms with Crippen molar-refractivity contribution in [3.8, 4) is 6.07 Å². The summed E-state index contributed by atoms with van der Waals surface area (Å²) < 4.78 is 0.504. The van der Waals surface area contributed by atoms with E-state index in [4.69, 9.17) is 11.5 Å². The van der Waals surface area contributed by atoms with E-state index in [1.165, 1.54) is 29.2 Å². The van der Waals surface area contributed by atoms with E-state index in [1.807, 2.05) is 31.2 Å². The topological polar surface area (TPSA) is 168 Å². The summed E-state index contributed by atoms with van der Waals surface area (Å²) in [6, 6.07) is 16.5. The minimum absolute atomic E-state index is 0.0101. The molecule has 0 spiro atoms. The van der Waals surface area contributed by atoms with Gasteiger partial charge in [-0.2, -0.15) is 5.26 Å². The van der Waals surface area contributed by atoms with Crippen LogP contribution in [0.1, 0.15) is 46.7 Å². The van der Waals surface area contributed by atoms with Crippen LogP contribution in [0.4, 0.5) is 10.8 Å². The normalized spacial score (nSPS) is 16.9. The molecule has 202 valence electrons. The molecule has 10 nitrogen and oxygen atoms in total. The molecule has 2 aliphatic rings. The Morgan fingerprint density at radius 2 is 1.93 bits per heavy atom. The van der Waals surface area contributed by atoms with E-state index >= 15 is 0 Å². The second-order valence-corrected chi connectivity index (χ2v) is 11.5. The third-order valence-corrected chi connectivity index (χ3v) is 8.75. The second-order valence-electron chi connectivity index (χ2n) is 9.32. The molecule has 2 amide bonds. The van der Waals surface area contributed by atoms with Gasteiger partial charge in [0.1, 0.15) is 5.82 Å². The zero-order valence-electron chi connectivity index (χ0n) is 21.5. The lowest BCUT2D eigenvalue weighted by molar-refractivity contribution is -0.116. The largest absolute Gasteiger partial charge is 0.384 e. The van der Waals surface area contributed by atoms with Crippen molar-refractivity contribution in [3.63, 3.8) is 0 Å². The van der Waals surface area contributed by atoms with Gasteiger partial charge in [-0.3, -0.25) is 19.3 Å². The SMILES string of the molecule is Cc1ccc(C2C(C#N)=C(N)N(c3nnc(SCC(=O)Nc4ccccc4C(N)=O)s3)C3=C2C(=O)CCC3)cc1. The van der Waals surface area contributed by atoms with Crippen molar-refractivity contribution >= 4 is 51.5 Å². The quantitative estimate of drug-likeness (QED) is 0.355. The highest BCUT2D eigenvalue weighted by atomic mass is 32.2. The van der Waals surface area contributed by atoms with Crippen molar-refractivity contribution in [1.29, 1.82) is 5.26 Å². The Morgan fingerprint density at radius 1 is 1.18 bits per heavy atom. The number of para-hydroxylation sites is 1. The Hall–Kier alpha value is -4.47. The molecule has 0 fully saturated rings. The maximum Gasteiger partial charge on any atom is 0.250 e. The van der Waals surface area contributed by atoms with Crippen molar-refractivity contribution in [2.24, 2.45) is 11.5 Å². The lowest BCUT2D eigenvalue weighted by atomic mass is 9.75. The lowest BCUT2D eigenvalue weighted by Crippen LogP contribution is -2.38. The summed E-state index contributed by atoms with van der Waals surface area (Å²) in [6.07, 6.45) is 1.67. The van der Waals surface area contributed by atoms with E-state index in [0.717, 1.165) is 16.8 Å². The third-order valence-electron chi connectivity index (χ3n) is 6.70. The van der Waals surface area contributed by atoms with E-state index in [9.17, 15) is 19.6 Å². The molecule has 40 heavy (non-hydrogen) atoms. The van der Waals surface area contributed by atoms with E-state index in [-0.39, 0.29) is 34.4 Å². The average molecular weight is 572 g/mol. The van der Waals surface area contributed by atoms with Crippen LogP contribution in [0.3, 0.4) is 0 Å². The first-order chi connectivity index (χ1) is 19.3. The fourth-order valence-corrected chi connectivity index (χ4v) is 6.55. The van der Waals surface area contributed by atoms with Crippen molar-refractivity contribution in [3.05, 3.63) is 87.9 Å². The number of thioether (sulfide) groups is 1. The van der Waals surface area contributed by atoms with Gasteiger partial charge in [0, 0.05) is 17.7 Å². The Labute approximate surface area is 238 Å². The highest BCUT2D eigenvalue weighted by molar-refractivity contribution is 8.01. The van der Waals surface area contributed by atoms with Crippen LogP contribution in [0.15, 0.2) is 75.5 Å². The summed E-state index contributed by atoms with van der Waals surface area (Å²) in [4.78, 5) is 39.1. The maximum absolute atomic E-state index is 13.3. The first-order valence-corrected chi connectivity index (χ1v) is 14.3. The van der Waals surface area contributed by atoms with Crippen LogP contribution in [0.5, 0.6) is 0 Å². The van der Waals surface area contributed by atoms with Gasteiger partial charge in [-0.15, -0.1) is 10.2 Å². The molecule has 2 heterocycles. The lowest BCUT2D eigenvalue weighted by Gasteiger charge is -2.38. The van der Waals surface area contributed by atoms with Gasteiger partial charge < -0.3 is 16.8 Å². The number of anilines is 2. The summed E-state index contributed by atoms with van der Waals surface area (Å²) in [5, 5.41) is 21.8. The molecule has 1 atom stereocenters. The number of nitriles is 1. The molecule has 0 bridgehead atoms. The number of amides is 2. The van der Waals surface area contributed by atoms with Crippen LogP contribution in [-0.2, 0) is 9.59 Å². The molecule has 5 N–H and O–H groups in total. The van der Waals surface area contributed by atoms with E-state index < -0.39 is 11.8 Å². The van der Waals surface area contributed by atoms with Gasteiger partial charge in [-0.1, -0.05) is 65.1 Å². The molecule has 1 aromatic heterocycles. The van der Waals surface area contributed by atoms with Crippen LogP contribution in [0, 0.1) is 18.3 Å². The number of carbonyl (C=O) groups is 3. The molecule has 0 saturated carbocycles. The highest BCUT2D eigenvalue weighted by Crippen LogP contribution is 2.47. The summed E-state index contributed by atoms with van der Waals surface area (Å²) in [5.74, 6) is -1.31.